The Morgan fingerprint density at radius 3 is 2.41 bits per heavy atom. The first kappa shape index (κ1) is 14.3. The zero-order valence-corrected chi connectivity index (χ0v) is 10.1. The zero-order chi connectivity index (χ0) is 13.2. The molecule has 0 saturated carbocycles. The summed E-state index contributed by atoms with van der Waals surface area (Å²) >= 11 is 10.6. The maximum Gasteiger partial charge on any atom is 0.461 e. The summed E-state index contributed by atoms with van der Waals surface area (Å²) in [4.78, 5) is 10.7. The van der Waals surface area contributed by atoms with Crippen molar-refractivity contribution in [3.8, 4) is 0 Å². The first-order valence-electron chi connectivity index (χ1n) is 3.94. The monoisotopic (exact) mass is 305 g/mol. The van der Waals surface area contributed by atoms with Gasteiger partial charge in [0.15, 0.2) is 0 Å². The number of carboxylic acid groups (broad SMARTS) is 1. The normalized spacial score (nSPS) is 11.4. The highest BCUT2D eigenvalue weighted by atomic mass is 35.5. The summed E-state index contributed by atoms with van der Waals surface area (Å²) in [6.07, 6.45) is 0. The number of carbonyl (C=O) groups is 1. The van der Waals surface area contributed by atoms with Crippen LogP contribution in [0.4, 0.5) is 18.9 Å². The molecule has 0 unspecified atom stereocenters. The standard InChI is InChI=1S/C8H4Cl2F3NO2S/c9-3-1-4(7(15)16)6(10)5(2-3)14-17-8(11,12)13/h1-2,14H,(H,15,16). The molecular weight excluding hydrogens is 302 g/mol. The molecule has 17 heavy (non-hydrogen) atoms. The van der Waals surface area contributed by atoms with Crippen LogP contribution in [-0.4, -0.2) is 16.6 Å². The van der Waals surface area contributed by atoms with E-state index >= 15 is 0 Å². The second-order valence-electron chi connectivity index (χ2n) is 2.77. The van der Waals surface area contributed by atoms with Crippen LogP contribution in [0.2, 0.25) is 10.0 Å². The van der Waals surface area contributed by atoms with Crippen molar-refractivity contribution in [3.63, 3.8) is 0 Å². The van der Waals surface area contributed by atoms with Gasteiger partial charge in [0.2, 0.25) is 0 Å². The third-order valence-corrected chi connectivity index (χ3v) is 2.72. The Balaban J connectivity index is 3.04. The number of alkyl halides is 3. The fourth-order valence-corrected chi connectivity index (χ4v) is 1.83. The van der Waals surface area contributed by atoms with E-state index in [-0.39, 0.29) is 21.3 Å². The van der Waals surface area contributed by atoms with Crippen molar-refractivity contribution >= 4 is 46.8 Å². The lowest BCUT2D eigenvalue weighted by Crippen LogP contribution is -2.06. The van der Waals surface area contributed by atoms with Crippen LogP contribution in [0.5, 0.6) is 0 Å². The highest BCUT2D eigenvalue weighted by Gasteiger charge is 2.29. The number of nitrogens with one attached hydrogen (secondary N) is 1. The van der Waals surface area contributed by atoms with Gasteiger partial charge in [-0.05, 0) is 12.1 Å². The average Bonchev–Trinajstić information content (AvgIpc) is 2.17. The topological polar surface area (TPSA) is 49.3 Å². The smallest absolute Gasteiger partial charge is 0.461 e. The number of aromatic carboxylic acids is 1. The Kier molecular flexibility index (Phi) is 4.40. The SMILES string of the molecule is O=C(O)c1cc(Cl)cc(NSC(F)(F)F)c1Cl. The lowest BCUT2D eigenvalue weighted by atomic mass is 10.2. The van der Waals surface area contributed by atoms with Crippen LogP contribution in [0.25, 0.3) is 0 Å². The molecule has 0 aliphatic rings. The van der Waals surface area contributed by atoms with Crippen molar-refractivity contribution in [3.05, 3.63) is 27.7 Å². The second kappa shape index (κ2) is 5.24. The van der Waals surface area contributed by atoms with Crippen LogP contribution < -0.4 is 4.72 Å². The summed E-state index contributed by atoms with van der Waals surface area (Å²) < 4.78 is 37.7. The molecule has 0 fully saturated rings. The fourth-order valence-electron chi connectivity index (χ4n) is 0.932. The molecule has 0 aliphatic carbocycles. The number of rotatable bonds is 3. The Morgan fingerprint density at radius 1 is 1.35 bits per heavy atom. The summed E-state index contributed by atoms with van der Waals surface area (Å²) in [6.45, 7) is 0. The van der Waals surface area contributed by atoms with Gasteiger partial charge in [0, 0.05) is 5.02 Å². The van der Waals surface area contributed by atoms with E-state index < -0.39 is 23.4 Å². The van der Waals surface area contributed by atoms with E-state index in [1.54, 1.807) is 0 Å². The first-order chi connectivity index (χ1) is 7.70. The molecule has 0 bridgehead atoms. The maximum absolute atomic E-state index is 11.9. The highest BCUT2D eigenvalue weighted by Crippen LogP contribution is 2.36. The van der Waals surface area contributed by atoms with E-state index in [4.69, 9.17) is 28.3 Å². The minimum absolute atomic E-state index is 0.0305. The van der Waals surface area contributed by atoms with E-state index in [0.29, 0.717) is 0 Å². The van der Waals surface area contributed by atoms with E-state index in [9.17, 15) is 18.0 Å². The van der Waals surface area contributed by atoms with Gasteiger partial charge in [-0.25, -0.2) is 4.79 Å². The minimum Gasteiger partial charge on any atom is -0.478 e. The van der Waals surface area contributed by atoms with Gasteiger partial charge in [-0.15, -0.1) is 0 Å². The van der Waals surface area contributed by atoms with Crippen LogP contribution in [0.3, 0.4) is 0 Å². The molecule has 0 saturated heterocycles. The van der Waals surface area contributed by atoms with Crippen LogP contribution >= 0.6 is 35.1 Å². The van der Waals surface area contributed by atoms with Crippen molar-refractivity contribution in [1.82, 2.24) is 0 Å². The third-order valence-electron chi connectivity index (χ3n) is 1.54. The second-order valence-corrected chi connectivity index (χ2v) is 4.46. The highest BCUT2D eigenvalue weighted by molar-refractivity contribution is 8.01. The fraction of sp³-hybridized carbons (Fsp3) is 0.125. The van der Waals surface area contributed by atoms with Crippen molar-refractivity contribution in [1.29, 1.82) is 0 Å². The van der Waals surface area contributed by atoms with Crippen LogP contribution in [0.15, 0.2) is 12.1 Å². The summed E-state index contributed by atoms with van der Waals surface area (Å²) in [5.74, 6) is -1.38. The quantitative estimate of drug-likeness (QED) is 0.819. The molecule has 0 spiro atoms. The molecule has 0 amide bonds. The number of benzene rings is 1. The predicted octanol–water partition coefficient (Wildman–Crippen LogP) is 4.27. The molecule has 0 radical (unpaired) electrons. The lowest BCUT2D eigenvalue weighted by molar-refractivity contribution is -0.0323. The average molecular weight is 306 g/mol. The molecule has 0 atom stereocenters. The Bertz CT molecular complexity index is 453. The van der Waals surface area contributed by atoms with Gasteiger partial charge in [-0.3, -0.25) is 0 Å². The number of halogens is 5. The van der Waals surface area contributed by atoms with E-state index in [1.165, 1.54) is 0 Å². The van der Waals surface area contributed by atoms with Gasteiger partial charge in [-0.2, -0.15) is 13.2 Å². The molecule has 0 aliphatic heterocycles. The van der Waals surface area contributed by atoms with E-state index in [2.05, 4.69) is 0 Å². The molecule has 0 aromatic heterocycles. The number of hydrogen-bond acceptors (Lipinski definition) is 3. The van der Waals surface area contributed by atoms with Gasteiger partial charge < -0.3 is 9.83 Å². The maximum atomic E-state index is 11.9. The Morgan fingerprint density at radius 2 is 1.94 bits per heavy atom. The lowest BCUT2D eigenvalue weighted by Gasteiger charge is -2.11. The molecule has 9 heteroatoms. The van der Waals surface area contributed by atoms with Gasteiger partial charge in [0.1, 0.15) is 0 Å². The predicted molar refractivity (Wildman–Crippen MR) is 60.7 cm³/mol. The molecule has 94 valence electrons. The number of carboxylic acids is 1. The van der Waals surface area contributed by atoms with Crippen molar-refractivity contribution in [2.75, 3.05) is 4.72 Å². The molecule has 1 aromatic rings. The molecule has 2 N–H and O–H groups in total. The summed E-state index contributed by atoms with van der Waals surface area (Å²) in [5.41, 5.74) is -5.10. The zero-order valence-electron chi connectivity index (χ0n) is 7.81. The molecule has 1 aromatic carbocycles. The van der Waals surface area contributed by atoms with Crippen molar-refractivity contribution in [2.45, 2.75) is 5.51 Å². The number of hydrogen-bond donors (Lipinski definition) is 2. The summed E-state index contributed by atoms with van der Waals surface area (Å²) in [7, 11) is 0. The minimum atomic E-state index is -4.52. The van der Waals surface area contributed by atoms with E-state index in [0.717, 1.165) is 12.1 Å². The Hall–Kier alpha value is -0.790. The third kappa shape index (κ3) is 4.18. The van der Waals surface area contributed by atoms with Gasteiger partial charge in [0.05, 0.1) is 28.2 Å². The first-order valence-corrected chi connectivity index (χ1v) is 5.51. The molecule has 0 heterocycles. The van der Waals surface area contributed by atoms with Crippen molar-refractivity contribution < 1.29 is 23.1 Å². The number of anilines is 1. The Labute approximate surface area is 108 Å². The molecule has 3 nitrogen and oxygen atoms in total. The van der Waals surface area contributed by atoms with Crippen molar-refractivity contribution in [2.24, 2.45) is 0 Å². The van der Waals surface area contributed by atoms with Gasteiger partial charge in [0.25, 0.3) is 0 Å². The molecule has 1 rings (SSSR count). The summed E-state index contributed by atoms with van der Waals surface area (Å²) in [6, 6.07) is 2.16. The summed E-state index contributed by atoms with van der Waals surface area (Å²) in [5, 5.41) is 8.38. The van der Waals surface area contributed by atoms with E-state index in [1.807, 2.05) is 4.72 Å². The van der Waals surface area contributed by atoms with Gasteiger partial charge in [-0.1, -0.05) is 23.2 Å². The van der Waals surface area contributed by atoms with Crippen LogP contribution in [-0.2, 0) is 0 Å². The largest absolute Gasteiger partial charge is 0.478 e. The van der Waals surface area contributed by atoms with Gasteiger partial charge >= 0.3 is 11.5 Å². The molecular formula is C8H4Cl2F3NO2S. The van der Waals surface area contributed by atoms with Crippen LogP contribution in [0, 0.1) is 0 Å². The van der Waals surface area contributed by atoms with Crippen LogP contribution in [0.1, 0.15) is 10.4 Å².